The lowest BCUT2D eigenvalue weighted by atomic mass is 9.29. The fourth-order valence-electron chi connectivity index (χ4n) is 25.5. The van der Waals surface area contributed by atoms with E-state index in [0.29, 0.717) is 48.8 Å². The molecule has 13 fully saturated rings. The summed E-state index contributed by atoms with van der Waals surface area (Å²) in [5, 5.41) is 41.0. The first-order valence-corrected chi connectivity index (χ1v) is 32.4. The zero-order chi connectivity index (χ0) is 55.0. The Morgan fingerprint density at radius 3 is 2.58 bits per heavy atom. The minimum absolute atomic E-state index is 0.0433. The van der Waals surface area contributed by atoms with Crippen LogP contribution in [0.2, 0.25) is 0 Å². The second-order valence-electron chi connectivity index (χ2n) is 30.5. The van der Waals surface area contributed by atoms with Gasteiger partial charge in [0.05, 0.1) is 48.5 Å². The van der Waals surface area contributed by atoms with Crippen molar-refractivity contribution in [2.75, 3.05) is 26.4 Å². The number of nitrogens with zero attached hydrogens (tertiary/aromatic N) is 1. The largest absolute Gasteiger partial charge is 0.469 e. The predicted octanol–water partition coefficient (Wildman–Crippen LogP) is 8.83. The minimum atomic E-state index is -1.48. The molecule has 13 nitrogen and oxygen atoms in total. The number of hydrogen-bond donors (Lipinski definition) is 4. The van der Waals surface area contributed by atoms with Crippen LogP contribution in [0.5, 0.6) is 0 Å². The summed E-state index contributed by atoms with van der Waals surface area (Å²) in [6, 6.07) is 13.2. The van der Waals surface area contributed by atoms with Crippen molar-refractivity contribution in [3.8, 4) is 0 Å². The van der Waals surface area contributed by atoms with Crippen LogP contribution in [0.25, 0.3) is 0 Å². The lowest BCUT2D eigenvalue weighted by Gasteiger charge is -2.73. The number of epoxide rings is 1. The third kappa shape index (κ3) is 6.09. The third-order valence-corrected chi connectivity index (χ3v) is 27.7. The molecule has 1 aromatic carbocycles. The number of allylic oxidation sites excluding steroid dienone is 1. The van der Waals surface area contributed by atoms with Gasteiger partial charge in [-0.25, -0.2) is 4.79 Å². The quantitative estimate of drug-likeness (QED) is 0.101. The summed E-state index contributed by atoms with van der Waals surface area (Å²) >= 11 is 0. The standard InChI is InChI=1S/C68H86N2O11/c1-36(2)45-15-9-21-65-49(45)28-44-27-42-14-8-20-63(42)31-41-30-62(3)58(47-19-23-77-52(47)29-48(51(72)33-71)39-16-17-46-40(26-39)18-22-70-35-69-32-50(46)70)79-61(76)59-68(62,80-59)66(43-13-7-12-38(25-43)24-37-10-5-4-6-11-37)54(41)64(55(65)53(73)57(66)74)34-78-60(75)56(63)67(44,64)81-65/h4-6,10-11,18-19,22-23,28,36,38-43,45-46,48-51,54-59,69,71-72,74H,7-9,12-17,20-21,24-27,29-35H2,1-3H3/t38-,39-,40+,41-,42-,43-,45-,46-,48-,49-,50-,51+,54+,55-,56-,57+,58-,59+,62-,63-,64+,65-,66-,67-,68+/m0/s1. The van der Waals surface area contributed by atoms with Gasteiger partial charge < -0.3 is 43.6 Å². The lowest BCUT2D eigenvalue weighted by molar-refractivity contribution is -0.301. The van der Waals surface area contributed by atoms with Crippen molar-refractivity contribution < 1.29 is 53.1 Å². The van der Waals surface area contributed by atoms with Crippen LogP contribution >= 0.6 is 0 Å². The molecular formula is C68H86N2O11. The molecule has 2 aromatic rings. The Balaban J connectivity index is 0.854. The summed E-state index contributed by atoms with van der Waals surface area (Å²) < 4.78 is 36.6. The number of Topliss-reactive ketones (excluding diaryl/α,β-unsaturated/α-hetero) is 1. The maximum atomic E-state index is 17.3. The van der Waals surface area contributed by atoms with E-state index < -0.39 is 80.7 Å². The summed E-state index contributed by atoms with van der Waals surface area (Å²) in [6.45, 7) is 8.45. The second-order valence-corrected chi connectivity index (χ2v) is 30.5. The number of aliphatic hydroxyl groups is 3. The number of cyclic esters (lactones) is 2. The normalized spacial score (nSPS) is 51.5. The average molecular weight is 1110 g/mol. The summed E-state index contributed by atoms with van der Waals surface area (Å²) in [5.41, 5.74) is -3.84. The monoisotopic (exact) mass is 1110 g/mol. The molecule has 5 saturated heterocycles. The molecule has 7 aliphatic heterocycles. The van der Waals surface area contributed by atoms with E-state index in [1.807, 2.05) is 6.07 Å². The first-order chi connectivity index (χ1) is 39.2. The van der Waals surface area contributed by atoms with Crippen LogP contribution < -0.4 is 5.32 Å². The lowest BCUT2D eigenvalue weighted by Crippen LogP contribution is -2.82. The number of ether oxygens (including phenoxy) is 4. The molecule has 434 valence electrons. The van der Waals surface area contributed by atoms with Crippen LogP contribution in [0.4, 0.5) is 0 Å². The van der Waals surface area contributed by atoms with E-state index in [1.54, 1.807) is 6.26 Å². The molecule has 5 spiro atoms. The van der Waals surface area contributed by atoms with Gasteiger partial charge >= 0.3 is 11.9 Å². The Hall–Kier alpha value is -3.85. The van der Waals surface area contributed by atoms with E-state index in [-0.39, 0.29) is 78.2 Å². The van der Waals surface area contributed by atoms with E-state index in [4.69, 9.17) is 23.4 Å². The second kappa shape index (κ2) is 17.4. The number of furan rings is 1. The molecule has 0 amide bonds. The molecule has 15 aliphatic rings. The summed E-state index contributed by atoms with van der Waals surface area (Å²) in [6.07, 6.45) is 19.9. The number of esters is 2. The zero-order valence-corrected chi connectivity index (χ0v) is 47.9. The summed E-state index contributed by atoms with van der Waals surface area (Å²) in [7, 11) is 0. The number of nitrogens with one attached hydrogen (secondary N) is 1. The van der Waals surface area contributed by atoms with Crippen molar-refractivity contribution in [3.05, 3.63) is 83.5 Å². The van der Waals surface area contributed by atoms with E-state index in [1.165, 1.54) is 11.1 Å². The van der Waals surface area contributed by atoms with Crippen LogP contribution in [0.1, 0.15) is 146 Å². The molecule has 8 aliphatic carbocycles. The molecule has 4 N–H and O–H groups in total. The molecule has 17 rings (SSSR count). The maximum absolute atomic E-state index is 17.3. The molecule has 1 aromatic heterocycles. The number of carbonyl (C=O) groups excluding carboxylic acids is 3. The maximum Gasteiger partial charge on any atom is 0.339 e. The molecular weight excluding hydrogens is 1020 g/mol. The zero-order valence-electron chi connectivity index (χ0n) is 47.9. The number of benzene rings is 1. The van der Waals surface area contributed by atoms with Crippen LogP contribution in [-0.2, 0) is 46.2 Å². The molecule has 8 saturated carbocycles. The van der Waals surface area contributed by atoms with Crippen molar-refractivity contribution in [1.29, 1.82) is 0 Å². The highest BCUT2D eigenvalue weighted by Gasteiger charge is 2.99. The van der Waals surface area contributed by atoms with E-state index in [0.717, 1.165) is 115 Å². The minimum Gasteiger partial charge on any atom is -0.469 e. The van der Waals surface area contributed by atoms with Crippen LogP contribution in [0, 0.1) is 105 Å². The predicted molar refractivity (Wildman–Crippen MR) is 296 cm³/mol. The van der Waals surface area contributed by atoms with Crippen LogP contribution in [-0.4, -0.2) is 106 Å². The van der Waals surface area contributed by atoms with Gasteiger partial charge in [0.1, 0.15) is 35.8 Å². The van der Waals surface area contributed by atoms with Crippen molar-refractivity contribution in [1.82, 2.24) is 10.2 Å². The van der Waals surface area contributed by atoms with Crippen molar-refractivity contribution in [3.63, 3.8) is 0 Å². The van der Waals surface area contributed by atoms with Crippen LogP contribution in [0.3, 0.4) is 0 Å². The van der Waals surface area contributed by atoms with Gasteiger partial charge in [-0.2, -0.15) is 0 Å². The Labute approximate surface area is 477 Å². The van der Waals surface area contributed by atoms with Gasteiger partial charge in [-0.3, -0.25) is 14.9 Å². The molecule has 13 heteroatoms. The van der Waals surface area contributed by atoms with Gasteiger partial charge in [-0.05, 0) is 177 Å². The highest BCUT2D eigenvalue weighted by Crippen LogP contribution is 2.90. The first-order valence-electron chi connectivity index (χ1n) is 32.4. The van der Waals surface area contributed by atoms with Gasteiger partial charge in [0.15, 0.2) is 11.9 Å². The molecule has 5 bridgehead atoms. The smallest absolute Gasteiger partial charge is 0.339 e. The molecule has 81 heavy (non-hydrogen) atoms. The van der Waals surface area contributed by atoms with E-state index >= 15 is 14.4 Å². The number of fused-ring (bicyclic) bond motifs is 3. The Morgan fingerprint density at radius 1 is 0.901 bits per heavy atom. The Kier molecular flexibility index (Phi) is 11.1. The average Bonchev–Trinajstić information content (AvgIpc) is 3.14. The third-order valence-electron chi connectivity index (χ3n) is 27.7. The van der Waals surface area contributed by atoms with Crippen molar-refractivity contribution >= 4 is 17.7 Å². The van der Waals surface area contributed by atoms with E-state index in [2.05, 4.69) is 79.7 Å². The number of hydrogen-bond acceptors (Lipinski definition) is 13. The van der Waals surface area contributed by atoms with Gasteiger partial charge in [0, 0.05) is 41.3 Å². The molecule has 25 atom stereocenters. The molecule has 0 radical (unpaired) electrons. The Bertz CT molecular complexity index is 3010. The molecule has 0 unspecified atom stereocenters. The van der Waals surface area contributed by atoms with Gasteiger partial charge in [-0.1, -0.05) is 88.9 Å². The number of rotatable bonds is 10. The first kappa shape index (κ1) is 51.6. The highest BCUT2D eigenvalue weighted by atomic mass is 16.7. The highest BCUT2D eigenvalue weighted by molar-refractivity contribution is 5.94. The fourth-order valence-corrected chi connectivity index (χ4v) is 25.5. The number of carbonyl (C=O) groups is 3. The van der Waals surface area contributed by atoms with Gasteiger partial charge in [0.2, 0.25) is 0 Å². The SMILES string of the molecule is CC(C)[C@@H]1CCC[C@]23O[C@]45C(=C[C@@H]12)C[C@@H]1CCC[C@]12C[C@@H]1C[C@@]6(C)[C@H](c7ccoc7C[C@@H]([C@H]7CC[C@H]8[C@H](C=CN9CNC[C@@H]89)C7)[C@H](O)CO)OC(=O)[C@H]7O[C@]76[C@]6([C@H]7CCC[C@@H](Cc8ccccc8)C7)[C@H](O)C(=O)[C@H]3[C@@]4(COC(=O)[C@@H]25)[C@@H]16. The van der Waals surface area contributed by atoms with Gasteiger partial charge in [0.25, 0.3) is 0 Å². The van der Waals surface area contributed by atoms with Crippen molar-refractivity contribution in [2.24, 2.45) is 105 Å². The van der Waals surface area contributed by atoms with Gasteiger partial charge in [-0.15, -0.1) is 0 Å². The fraction of sp³-hybridized carbons (Fsp3) is 0.750. The van der Waals surface area contributed by atoms with E-state index in [9.17, 15) is 15.3 Å². The van der Waals surface area contributed by atoms with Crippen molar-refractivity contribution in [2.45, 2.75) is 184 Å². The number of ketones is 1. The topological polar surface area (TPSA) is 181 Å². The van der Waals surface area contributed by atoms with Crippen LogP contribution in [0.15, 0.2) is 71.0 Å². The summed E-state index contributed by atoms with van der Waals surface area (Å²) in [4.78, 5) is 51.0. The molecule has 8 heterocycles. The Morgan fingerprint density at radius 2 is 1.74 bits per heavy atom. The summed E-state index contributed by atoms with van der Waals surface area (Å²) in [5.74, 6) is -0.444. The number of aliphatic hydroxyl groups excluding tert-OH is 3.